The van der Waals surface area contributed by atoms with Crippen LogP contribution in [0.5, 0.6) is 11.5 Å². The molecular weight excluding hydrogens is 424 g/mol. The van der Waals surface area contributed by atoms with Crippen molar-refractivity contribution in [2.45, 2.75) is 30.6 Å². The minimum absolute atomic E-state index is 0.170. The van der Waals surface area contributed by atoms with Gasteiger partial charge in [-0.3, -0.25) is 9.59 Å². The van der Waals surface area contributed by atoms with Gasteiger partial charge < -0.3 is 19.7 Å². The number of hydrogen-bond acceptors (Lipinski definition) is 4. The number of amides is 2. The van der Waals surface area contributed by atoms with E-state index in [0.717, 1.165) is 5.56 Å². The Bertz CT molecular complexity index is 864. The maximum atomic E-state index is 13.2. The number of anilines is 1. The van der Waals surface area contributed by atoms with Crippen LogP contribution in [0.2, 0.25) is 0 Å². The lowest BCUT2D eigenvalue weighted by Crippen LogP contribution is -2.52. The summed E-state index contributed by atoms with van der Waals surface area (Å²) in [4.78, 5) is 27.3. The molecule has 0 aliphatic carbocycles. The number of alkyl halides is 1. The average Bonchev–Trinajstić information content (AvgIpc) is 3.14. The van der Waals surface area contributed by atoms with Gasteiger partial charge in [0.05, 0.1) is 4.32 Å². The second-order valence-corrected chi connectivity index (χ2v) is 9.11. The molecule has 0 saturated heterocycles. The second kappa shape index (κ2) is 8.22. The highest BCUT2D eigenvalue weighted by molar-refractivity contribution is 9.10. The molecule has 28 heavy (non-hydrogen) atoms. The molecule has 0 spiro atoms. The third-order valence-electron chi connectivity index (χ3n) is 4.50. The fourth-order valence-corrected chi connectivity index (χ4v) is 2.95. The van der Waals surface area contributed by atoms with E-state index in [1.54, 1.807) is 39.1 Å². The van der Waals surface area contributed by atoms with Gasteiger partial charge in [-0.25, -0.2) is 0 Å². The zero-order chi connectivity index (χ0) is 20.3. The molecule has 0 saturated carbocycles. The average molecular weight is 447 g/mol. The molecule has 6 nitrogen and oxygen atoms in total. The number of fused-ring (bicyclic) bond motifs is 1. The molecule has 1 N–H and O–H groups in total. The second-order valence-electron chi connectivity index (χ2n) is 7.12. The van der Waals surface area contributed by atoms with Crippen LogP contribution in [0.4, 0.5) is 5.69 Å². The zero-order valence-electron chi connectivity index (χ0n) is 16.1. The van der Waals surface area contributed by atoms with Gasteiger partial charge >= 0.3 is 0 Å². The van der Waals surface area contributed by atoms with Crippen molar-refractivity contribution in [1.82, 2.24) is 5.32 Å². The van der Waals surface area contributed by atoms with Crippen LogP contribution in [0.1, 0.15) is 19.4 Å². The highest BCUT2D eigenvalue weighted by atomic mass is 79.9. The van der Waals surface area contributed by atoms with Gasteiger partial charge in [0.1, 0.15) is 6.04 Å². The maximum Gasteiger partial charge on any atom is 0.249 e. The highest BCUT2D eigenvalue weighted by Gasteiger charge is 2.31. The number of benzene rings is 2. The Morgan fingerprint density at radius 2 is 1.82 bits per heavy atom. The fourth-order valence-electron chi connectivity index (χ4n) is 2.83. The van der Waals surface area contributed by atoms with Crippen molar-refractivity contribution < 1.29 is 19.1 Å². The van der Waals surface area contributed by atoms with Gasteiger partial charge in [-0.2, -0.15) is 0 Å². The van der Waals surface area contributed by atoms with Gasteiger partial charge in [0.25, 0.3) is 0 Å². The molecule has 1 aliphatic rings. The van der Waals surface area contributed by atoms with Crippen molar-refractivity contribution in [3.05, 3.63) is 54.1 Å². The van der Waals surface area contributed by atoms with Gasteiger partial charge in [0, 0.05) is 25.2 Å². The van der Waals surface area contributed by atoms with E-state index >= 15 is 0 Å². The minimum atomic E-state index is -0.778. The Labute approximate surface area is 172 Å². The van der Waals surface area contributed by atoms with Gasteiger partial charge in [-0.15, -0.1) is 0 Å². The summed E-state index contributed by atoms with van der Waals surface area (Å²) in [6, 6.07) is 14.2. The fraction of sp³-hybridized carbons (Fsp3) is 0.333. The summed E-state index contributed by atoms with van der Waals surface area (Å²) in [5, 5.41) is 2.88. The summed E-state index contributed by atoms with van der Waals surface area (Å²) in [5.74, 6) is 0.788. The summed E-state index contributed by atoms with van der Waals surface area (Å²) >= 11 is 3.36. The molecule has 1 aliphatic heterocycles. The number of carbonyl (C=O) groups is 2. The minimum Gasteiger partial charge on any atom is -0.454 e. The number of ether oxygens (including phenoxy) is 2. The van der Waals surface area contributed by atoms with Crippen LogP contribution in [-0.4, -0.2) is 36.0 Å². The van der Waals surface area contributed by atoms with Gasteiger partial charge in [0.2, 0.25) is 18.6 Å². The first-order valence-corrected chi connectivity index (χ1v) is 9.76. The van der Waals surface area contributed by atoms with Crippen LogP contribution >= 0.6 is 15.9 Å². The summed E-state index contributed by atoms with van der Waals surface area (Å²) in [6.45, 7) is 3.66. The predicted octanol–water partition coefficient (Wildman–Crippen LogP) is 3.28. The number of carbonyl (C=O) groups excluding carboxylic acids is 2. The smallest absolute Gasteiger partial charge is 0.249 e. The molecule has 3 rings (SSSR count). The quantitative estimate of drug-likeness (QED) is 0.691. The summed E-state index contributed by atoms with van der Waals surface area (Å²) < 4.78 is 9.94. The summed E-state index contributed by atoms with van der Waals surface area (Å²) in [6.07, 6.45) is 0.392. The summed E-state index contributed by atoms with van der Waals surface area (Å²) in [7, 11) is 1.68. The van der Waals surface area contributed by atoms with Crippen molar-refractivity contribution in [3.8, 4) is 11.5 Å². The topological polar surface area (TPSA) is 67.9 Å². The van der Waals surface area contributed by atoms with E-state index in [0.29, 0.717) is 23.6 Å². The summed E-state index contributed by atoms with van der Waals surface area (Å²) in [5.41, 5.74) is 1.63. The molecule has 7 heteroatoms. The van der Waals surface area contributed by atoms with E-state index in [4.69, 9.17) is 9.47 Å². The molecule has 148 valence electrons. The Morgan fingerprint density at radius 3 is 2.50 bits per heavy atom. The molecule has 1 heterocycles. The third-order valence-corrected chi connectivity index (χ3v) is 4.86. The molecule has 2 aromatic rings. The van der Waals surface area contributed by atoms with Crippen molar-refractivity contribution >= 4 is 33.4 Å². The molecule has 2 amide bonds. The zero-order valence-corrected chi connectivity index (χ0v) is 17.7. The van der Waals surface area contributed by atoms with Gasteiger partial charge in [-0.1, -0.05) is 46.3 Å². The first-order valence-electron chi connectivity index (χ1n) is 8.97. The largest absolute Gasteiger partial charge is 0.454 e. The predicted molar refractivity (Wildman–Crippen MR) is 111 cm³/mol. The van der Waals surface area contributed by atoms with Crippen LogP contribution < -0.4 is 19.7 Å². The van der Waals surface area contributed by atoms with E-state index in [9.17, 15) is 9.59 Å². The van der Waals surface area contributed by atoms with Gasteiger partial charge in [-0.05, 0) is 31.5 Å². The normalized spacial score (nSPS) is 13.7. The standard InChI is InChI=1S/C21H23BrN2O4/c1-21(2,22)20(26)23-16(11-14-7-5-4-6-8-14)19(25)24(3)15-9-10-17-18(12-15)28-13-27-17/h4-10,12,16H,11,13H2,1-3H3,(H,23,26). The first kappa shape index (κ1) is 20.2. The Hall–Kier alpha value is -2.54. The Balaban J connectivity index is 1.83. The SMILES string of the molecule is CN(C(=O)C(Cc1ccccc1)NC(=O)C(C)(C)Br)c1ccc2c(c1)OCO2. The van der Waals surface area contributed by atoms with Crippen LogP contribution in [0.15, 0.2) is 48.5 Å². The first-order chi connectivity index (χ1) is 13.3. The molecule has 0 radical (unpaired) electrons. The lowest BCUT2D eigenvalue weighted by molar-refractivity contribution is -0.128. The van der Waals surface area contributed by atoms with E-state index in [1.165, 1.54) is 4.90 Å². The van der Waals surface area contributed by atoms with Crippen molar-refractivity contribution in [2.75, 3.05) is 18.7 Å². The van der Waals surface area contributed by atoms with Crippen LogP contribution in [-0.2, 0) is 16.0 Å². The number of rotatable bonds is 6. The molecule has 1 unspecified atom stereocenters. The maximum absolute atomic E-state index is 13.2. The Morgan fingerprint density at radius 1 is 1.14 bits per heavy atom. The van der Waals surface area contributed by atoms with E-state index in [-0.39, 0.29) is 18.6 Å². The van der Waals surface area contributed by atoms with E-state index in [1.807, 2.05) is 30.3 Å². The third kappa shape index (κ3) is 4.65. The van der Waals surface area contributed by atoms with E-state index in [2.05, 4.69) is 21.2 Å². The number of nitrogens with zero attached hydrogens (tertiary/aromatic N) is 1. The number of hydrogen-bond donors (Lipinski definition) is 1. The van der Waals surface area contributed by atoms with Crippen LogP contribution in [0.25, 0.3) is 0 Å². The number of halogens is 1. The van der Waals surface area contributed by atoms with Gasteiger partial charge in [0.15, 0.2) is 11.5 Å². The molecule has 0 aromatic heterocycles. The highest BCUT2D eigenvalue weighted by Crippen LogP contribution is 2.35. The molecule has 1 atom stereocenters. The van der Waals surface area contributed by atoms with Crippen molar-refractivity contribution in [1.29, 1.82) is 0 Å². The van der Waals surface area contributed by atoms with Crippen molar-refractivity contribution in [3.63, 3.8) is 0 Å². The van der Waals surface area contributed by atoms with Crippen molar-refractivity contribution in [2.24, 2.45) is 0 Å². The molecule has 0 fully saturated rings. The monoisotopic (exact) mass is 446 g/mol. The molecule has 2 aromatic carbocycles. The number of nitrogens with one attached hydrogen (secondary N) is 1. The lowest BCUT2D eigenvalue weighted by Gasteiger charge is -2.27. The number of likely N-dealkylation sites (N-methyl/N-ethyl adjacent to an activating group) is 1. The van der Waals surface area contributed by atoms with Crippen LogP contribution in [0, 0.1) is 0 Å². The van der Waals surface area contributed by atoms with Crippen LogP contribution in [0.3, 0.4) is 0 Å². The molecular formula is C21H23BrN2O4. The molecule has 0 bridgehead atoms. The Kier molecular flexibility index (Phi) is 5.93. The van der Waals surface area contributed by atoms with E-state index < -0.39 is 10.4 Å². The lowest BCUT2D eigenvalue weighted by atomic mass is 10.0.